The zero-order chi connectivity index (χ0) is 20.1. The Kier molecular flexibility index (Phi) is 6.03. The number of benzene rings is 2. The van der Waals surface area contributed by atoms with Crippen molar-refractivity contribution in [2.75, 3.05) is 32.8 Å². The molecule has 7 heteroatoms. The van der Waals surface area contributed by atoms with Crippen LogP contribution in [-0.4, -0.2) is 39.7 Å². The highest BCUT2D eigenvalue weighted by Crippen LogP contribution is 2.36. The molecule has 28 heavy (non-hydrogen) atoms. The van der Waals surface area contributed by atoms with E-state index in [1.165, 1.54) is 0 Å². The predicted molar refractivity (Wildman–Crippen MR) is 105 cm³/mol. The molecule has 1 aliphatic rings. The van der Waals surface area contributed by atoms with Gasteiger partial charge in [0.1, 0.15) is 17.2 Å². The molecule has 0 aliphatic carbocycles. The van der Waals surface area contributed by atoms with E-state index in [1.54, 1.807) is 44.4 Å². The summed E-state index contributed by atoms with van der Waals surface area (Å²) in [6.45, 7) is 0.635. The normalized spacial score (nSPS) is 16.0. The van der Waals surface area contributed by atoms with Gasteiger partial charge in [0.2, 0.25) is 11.8 Å². The van der Waals surface area contributed by atoms with E-state index >= 15 is 0 Å². The Morgan fingerprint density at radius 2 is 1.82 bits per heavy atom. The Morgan fingerprint density at radius 1 is 1.07 bits per heavy atom. The van der Waals surface area contributed by atoms with E-state index in [9.17, 15) is 9.59 Å². The maximum absolute atomic E-state index is 12.6. The molecule has 148 valence electrons. The highest BCUT2D eigenvalue weighted by atomic mass is 16.5. The summed E-state index contributed by atoms with van der Waals surface area (Å²) in [4.78, 5) is 26.8. The lowest BCUT2D eigenvalue weighted by Gasteiger charge is -2.20. The quantitative estimate of drug-likeness (QED) is 0.793. The van der Waals surface area contributed by atoms with Crippen molar-refractivity contribution in [1.29, 1.82) is 0 Å². The molecule has 0 spiro atoms. The number of amides is 2. The maximum atomic E-state index is 12.6. The molecule has 1 fully saturated rings. The van der Waals surface area contributed by atoms with E-state index in [1.807, 2.05) is 24.3 Å². The summed E-state index contributed by atoms with van der Waals surface area (Å²) >= 11 is 0. The van der Waals surface area contributed by atoms with Gasteiger partial charge in [-0.1, -0.05) is 18.2 Å². The molecule has 1 N–H and O–H groups in total. The highest BCUT2D eigenvalue weighted by Gasteiger charge is 2.36. The second-order valence-electron chi connectivity index (χ2n) is 6.47. The first kappa shape index (κ1) is 19.5. The van der Waals surface area contributed by atoms with E-state index in [2.05, 4.69) is 5.32 Å². The Labute approximate surface area is 164 Å². The van der Waals surface area contributed by atoms with E-state index in [0.29, 0.717) is 36.0 Å². The number of rotatable bonds is 7. The number of ether oxygens (including phenoxy) is 3. The number of para-hydroxylation sites is 1. The summed E-state index contributed by atoms with van der Waals surface area (Å²) in [6, 6.07) is 12.8. The first-order valence-corrected chi connectivity index (χ1v) is 8.99. The number of methoxy groups -OCH3 is 3. The van der Waals surface area contributed by atoms with Gasteiger partial charge >= 0.3 is 0 Å². The fraction of sp³-hybridized carbons (Fsp3) is 0.333. The van der Waals surface area contributed by atoms with E-state index in [0.717, 1.165) is 5.56 Å². The van der Waals surface area contributed by atoms with Gasteiger partial charge in [0.05, 0.1) is 32.9 Å². The van der Waals surface area contributed by atoms with Crippen LogP contribution in [0.4, 0.5) is 5.69 Å². The number of hydrogen-bond acceptors (Lipinski definition) is 5. The van der Waals surface area contributed by atoms with Crippen LogP contribution in [0.2, 0.25) is 0 Å². The Hall–Kier alpha value is -3.22. The molecule has 1 saturated heterocycles. The van der Waals surface area contributed by atoms with Gasteiger partial charge in [0, 0.05) is 31.1 Å². The minimum absolute atomic E-state index is 0.121. The molecule has 1 aliphatic heterocycles. The molecule has 7 nitrogen and oxygen atoms in total. The number of nitrogens with zero attached hydrogens (tertiary/aromatic N) is 1. The minimum Gasteiger partial charge on any atom is -0.497 e. The molecule has 0 radical (unpaired) electrons. The summed E-state index contributed by atoms with van der Waals surface area (Å²) < 4.78 is 15.9. The first-order valence-electron chi connectivity index (χ1n) is 8.99. The molecule has 2 amide bonds. The average molecular weight is 384 g/mol. The van der Waals surface area contributed by atoms with Crippen molar-refractivity contribution in [3.63, 3.8) is 0 Å². The summed E-state index contributed by atoms with van der Waals surface area (Å²) in [6.07, 6.45) is 0.151. The van der Waals surface area contributed by atoms with Gasteiger partial charge in [-0.2, -0.15) is 0 Å². The van der Waals surface area contributed by atoms with E-state index in [4.69, 9.17) is 14.2 Å². The lowest BCUT2D eigenvalue weighted by Crippen LogP contribution is -2.32. The lowest BCUT2D eigenvalue weighted by molar-refractivity contribution is -0.126. The van der Waals surface area contributed by atoms with Crippen molar-refractivity contribution in [3.05, 3.63) is 48.0 Å². The highest BCUT2D eigenvalue weighted by molar-refractivity contribution is 6.01. The smallest absolute Gasteiger partial charge is 0.227 e. The summed E-state index contributed by atoms with van der Waals surface area (Å²) in [7, 11) is 4.70. The van der Waals surface area contributed by atoms with E-state index in [-0.39, 0.29) is 18.2 Å². The van der Waals surface area contributed by atoms with Gasteiger partial charge in [-0.3, -0.25) is 9.59 Å². The predicted octanol–water partition coefficient (Wildman–Crippen LogP) is 2.38. The summed E-state index contributed by atoms with van der Waals surface area (Å²) in [5, 5.41) is 2.91. The zero-order valence-corrected chi connectivity index (χ0v) is 16.2. The van der Waals surface area contributed by atoms with Gasteiger partial charge in [-0.25, -0.2) is 0 Å². The molecule has 2 aromatic carbocycles. The van der Waals surface area contributed by atoms with E-state index < -0.39 is 5.92 Å². The second-order valence-corrected chi connectivity index (χ2v) is 6.47. The number of anilines is 1. The van der Waals surface area contributed by atoms with Crippen LogP contribution < -0.4 is 24.4 Å². The monoisotopic (exact) mass is 384 g/mol. The largest absolute Gasteiger partial charge is 0.497 e. The standard InChI is InChI=1S/C21H24N2O5/c1-26-16-8-9-19(28-3)17(11-16)23-13-15(10-20(23)24)21(25)22-12-14-6-4-5-7-18(14)27-2/h4-9,11,15H,10,12-13H2,1-3H3,(H,22,25)/t15-/m1/s1. The Bertz CT molecular complexity index is 868. The number of nitrogens with one attached hydrogen (secondary N) is 1. The van der Waals surface area contributed by atoms with Crippen molar-refractivity contribution >= 4 is 17.5 Å². The molecule has 0 unspecified atom stereocenters. The van der Waals surface area contributed by atoms with Crippen molar-refractivity contribution in [2.45, 2.75) is 13.0 Å². The number of carbonyl (C=O) groups is 2. The van der Waals surface area contributed by atoms with Gasteiger partial charge in [-0.15, -0.1) is 0 Å². The molecule has 3 rings (SSSR count). The van der Waals surface area contributed by atoms with Crippen LogP contribution in [0.5, 0.6) is 17.2 Å². The molecular formula is C21H24N2O5. The fourth-order valence-electron chi connectivity index (χ4n) is 3.30. The summed E-state index contributed by atoms with van der Waals surface area (Å²) in [5.41, 5.74) is 1.49. The zero-order valence-electron chi connectivity index (χ0n) is 16.2. The SMILES string of the molecule is COc1ccc(OC)c(N2C[C@H](C(=O)NCc3ccccc3OC)CC2=O)c1. The van der Waals surface area contributed by atoms with Crippen LogP contribution in [-0.2, 0) is 16.1 Å². The maximum Gasteiger partial charge on any atom is 0.227 e. The average Bonchev–Trinajstić information content (AvgIpc) is 3.13. The first-order chi connectivity index (χ1) is 13.6. The van der Waals surface area contributed by atoms with Gasteiger partial charge < -0.3 is 24.4 Å². The number of hydrogen-bond donors (Lipinski definition) is 1. The third kappa shape index (κ3) is 4.03. The molecule has 0 saturated carbocycles. The van der Waals surface area contributed by atoms with Gasteiger partial charge in [0.15, 0.2) is 0 Å². The minimum atomic E-state index is -0.432. The van der Waals surface area contributed by atoms with Crippen molar-refractivity contribution < 1.29 is 23.8 Å². The molecule has 0 aromatic heterocycles. The van der Waals surface area contributed by atoms with Crippen LogP contribution in [0.3, 0.4) is 0 Å². The number of carbonyl (C=O) groups excluding carboxylic acids is 2. The van der Waals surface area contributed by atoms with Crippen LogP contribution in [0.1, 0.15) is 12.0 Å². The lowest BCUT2D eigenvalue weighted by atomic mass is 10.1. The third-order valence-corrected chi connectivity index (χ3v) is 4.82. The third-order valence-electron chi connectivity index (χ3n) is 4.82. The Morgan fingerprint density at radius 3 is 2.54 bits per heavy atom. The second kappa shape index (κ2) is 8.65. The van der Waals surface area contributed by atoms with Gasteiger partial charge in [0.25, 0.3) is 0 Å². The molecular weight excluding hydrogens is 360 g/mol. The Balaban J connectivity index is 1.69. The molecule has 1 heterocycles. The van der Waals surface area contributed by atoms with Crippen LogP contribution in [0.25, 0.3) is 0 Å². The van der Waals surface area contributed by atoms with Crippen molar-refractivity contribution in [2.24, 2.45) is 5.92 Å². The molecule has 0 bridgehead atoms. The molecule has 2 aromatic rings. The van der Waals surface area contributed by atoms with Crippen molar-refractivity contribution in [1.82, 2.24) is 5.32 Å². The fourth-order valence-corrected chi connectivity index (χ4v) is 3.30. The summed E-state index contributed by atoms with van der Waals surface area (Å²) in [5.74, 6) is 1.18. The molecule has 1 atom stereocenters. The van der Waals surface area contributed by atoms with Gasteiger partial charge in [-0.05, 0) is 18.2 Å². The van der Waals surface area contributed by atoms with Crippen LogP contribution >= 0.6 is 0 Å². The van der Waals surface area contributed by atoms with Crippen LogP contribution in [0.15, 0.2) is 42.5 Å². The van der Waals surface area contributed by atoms with Crippen LogP contribution in [0, 0.1) is 5.92 Å². The topological polar surface area (TPSA) is 77.1 Å². The van der Waals surface area contributed by atoms with Crippen molar-refractivity contribution in [3.8, 4) is 17.2 Å².